The number of anilines is 4. The number of likely N-dealkylation sites (N-methyl/N-ethyl adjacent to an activating group) is 2. The van der Waals surface area contributed by atoms with E-state index >= 15 is 0 Å². The monoisotopic (exact) mass is 969 g/mol. The average Bonchev–Trinajstić information content (AvgIpc) is 4.25. The summed E-state index contributed by atoms with van der Waals surface area (Å²) in [6, 6.07) is 27.0. The van der Waals surface area contributed by atoms with E-state index in [4.69, 9.17) is 20.2 Å². The molecule has 16 nitrogen and oxygen atoms in total. The van der Waals surface area contributed by atoms with Crippen LogP contribution in [0.4, 0.5) is 22.7 Å². The molecule has 2 aromatic heterocycles. The second-order valence-corrected chi connectivity index (χ2v) is 20.7. The average molecular weight is 969 g/mol. The Labute approximate surface area is 420 Å². The SMILES string of the molecule is Cc1ccc(-n2nc(C(=O)N[C@@H]3CCCC[C@H]3NC(=O)c3nc(-c4ccc5c(c4)N(C4CCCC4)[C@H](C)C(=O)N5C)n(-c4ccc(C)cc4)n3)nc2-c2ccc3c(c2)N(C2CCCC2)[C@H](C)C(=O)N3C)cc1. The smallest absolute Gasteiger partial charge is 0.291 e. The van der Waals surface area contributed by atoms with Gasteiger partial charge in [-0.2, -0.15) is 0 Å². The maximum atomic E-state index is 14.5. The third-order valence-electron chi connectivity index (χ3n) is 16.0. The maximum absolute atomic E-state index is 14.5. The summed E-state index contributed by atoms with van der Waals surface area (Å²) >= 11 is 0. The van der Waals surface area contributed by atoms with Gasteiger partial charge in [-0.1, -0.05) is 73.9 Å². The Morgan fingerprint density at radius 1 is 0.500 bits per heavy atom. The maximum Gasteiger partial charge on any atom is 0.291 e. The number of aromatic nitrogens is 6. The third-order valence-corrected chi connectivity index (χ3v) is 16.0. The lowest BCUT2D eigenvalue weighted by Crippen LogP contribution is -2.54. The predicted octanol–water partition coefficient (Wildman–Crippen LogP) is 8.50. The van der Waals surface area contributed by atoms with E-state index in [0.717, 1.165) is 121 Å². The molecule has 4 atom stereocenters. The number of hydrogen-bond acceptors (Lipinski definition) is 10. The van der Waals surface area contributed by atoms with Crippen LogP contribution in [0.1, 0.15) is 123 Å². The molecule has 0 saturated heterocycles. The van der Waals surface area contributed by atoms with Crippen molar-refractivity contribution in [3.8, 4) is 34.2 Å². The van der Waals surface area contributed by atoms with E-state index in [0.29, 0.717) is 24.5 Å². The van der Waals surface area contributed by atoms with E-state index in [1.807, 2.05) is 115 Å². The highest BCUT2D eigenvalue weighted by Crippen LogP contribution is 2.44. The number of hydrogen-bond donors (Lipinski definition) is 2. The van der Waals surface area contributed by atoms with Crippen LogP contribution in [0.25, 0.3) is 34.2 Å². The Hall–Kier alpha value is -7.36. The highest BCUT2D eigenvalue weighted by Gasteiger charge is 2.41. The molecule has 3 aliphatic carbocycles. The minimum absolute atomic E-state index is 0.0110. The minimum Gasteiger partial charge on any atom is -0.355 e. The zero-order chi connectivity index (χ0) is 49.9. The molecule has 2 aliphatic heterocycles. The van der Waals surface area contributed by atoms with Gasteiger partial charge in [0.25, 0.3) is 11.8 Å². The van der Waals surface area contributed by atoms with Crippen molar-refractivity contribution in [3.05, 3.63) is 108 Å². The van der Waals surface area contributed by atoms with Crippen LogP contribution in [-0.4, -0.2) is 104 Å². The standard InChI is InChI=1S/C56H64N12O4/c1-33-19-25-41(26-20-33)67-51(37-23-29-45-47(31-37)65(39-13-7-8-14-39)35(3)55(71)63(45)5)59-49(61-67)53(69)57-43-17-11-12-18-44(43)58-54(70)50-60-52(68(62-50)42-27-21-34(2)22-28-42)38-24-30-46-48(32-38)66(40-15-9-10-16-40)36(4)56(72)64(46)6/h19-32,35-36,39-40,43-44H,7-18H2,1-6H3,(H,57,69)(H,58,70)/t35-,36-,43-,44-/m1/s1. The zero-order valence-electron chi connectivity index (χ0n) is 42.1. The molecule has 72 heavy (non-hydrogen) atoms. The Morgan fingerprint density at radius 3 is 1.24 bits per heavy atom. The zero-order valence-corrected chi connectivity index (χ0v) is 42.1. The number of nitrogens with one attached hydrogen (secondary N) is 2. The van der Waals surface area contributed by atoms with Crippen LogP contribution in [0.15, 0.2) is 84.9 Å². The van der Waals surface area contributed by atoms with Gasteiger partial charge >= 0.3 is 0 Å². The largest absolute Gasteiger partial charge is 0.355 e. The fraction of sp³-hybridized carbons (Fsp3) is 0.429. The van der Waals surface area contributed by atoms with Crippen LogP contribution < -0.4 is 30.2 Å². The van der Waals surface area contributed by atoms with E-state index in [1.165, 1.54) is 0 Å². The fourth-order valence-corrected chi connectivity index (χ4v) is 12.0. The van der Waals surface area contributed by atoms with Crippen molar-refractivity contribution in [2.75, 3.05) is 33.7 Å². The van der Waals surface area contributed by atoms with Gasteiger partial charge in [-0.05, 0) is 127 Å². The summed E-state index contributed by atoms with van der Waals surface area (Å²) in [5.74, 6) is 0.283. The van der Waals surface area contributed by atoms with E-state index in [9.17, 15) is 19.2 Å². The van der Waals surface area contributed by atoms with Gasteiger partial charge in [-0.3, -0.25) is 19.2 Å². The molecule has 3 fully saturated rings. The summed E-state index contributed by atoms with van der Waals surface area (Å²) < 4.78 is 3.44. The van der Waals surface area contributed by atoms with Gasteiger partial charge in [0.15, 0.2) is 11.6 Å². The van der Waals surface area contributed by atoms with E-state index in [-0.39, 0.29) is 47.6 Å². The van der Waals surface area contributed by atoms with Crippen molar-refractivity contribution in [1.82, 2.24) is 40.2 Å². The second-order valence-electron chi connectivity index (χ2n) is 20.7. The molecule has 4 amide bonds. The molecule has 372 valence electrons. The lowest BCUT2D eigenvalue weighted by molar-refractivity contribution is -0.120. The number of benzene rings is 4. The van der Waals surface area contributed by atoms with Crippen LogP contribution in [-0.2, 0) is 9.59 Å². The molecule has 5 aliphatic rings. The molecule has 0 spiro atoms. The molecular weight excluding hydrogens is 905 g/mol. The van der Waals surface area contributed by atoms with Gasteiger partial charge in [0, 0.05) is 49.4 Å². The first-order valence-corrected chi connectivity index (χ1v) is 25.9. The summed E-state index contributed by atoms with van der Waals surface area (Å²) in [6.07, 6.45) is 11.7. The first kappa shape index (κ1) is 47.0. The highest BCUT2D eigenvalue weighted by atomic mass is 16.2. The number of amides is 4. The summed E-state index contributed by atoms with van der Waals surface area (Å²) in [5, 5.41) is 16.2. The molecule has 16 heteroatoms. The second kappa shape index (κ2) is 19.0. The summed E-state index contributed by atoms with van der Waals surface area (Å²) in [7, 11) is 3.66. The van der Waals surface area contributed by atoms with Crippen LogP contribution in [0, 0.1) is 13.8 Å². The number of nitrogens with zero attached hydrogens (tertiary/aromatic N) is 10. The Bertz CT molecular complexity index is 2850. The topological polar surface area (TPSA) is 167 Å². The van der Waals surface area contributed by atoms with Crippen molar-refractivity contribution in [1.29, 1.82) is 0 Å². The number of fused-ring (bicyclic) bond motifs is 2. The normalized spacial score (nSPS) is 21.6. The summed E-state index contributed by atoms with van der Waals surface area (Å²) in [4.78, 5) is 73.9. The molecule has 3 saturated carbocycles. The molecular formula is C56H64N12O4. The fourth-order valence-electron chi connectivity index (χ4n) is 12.0. The molecule has 4 heterocycles. The van der Waals surface area contributed by atoms with Crippen molar-refractivity contribution in [2.24, 2.45) is 0 Å². The van der Waals surface area contributed by atoms with Crippen LogP contribution in [0.3, 0.4) is 0 Å². The summed E-state index contributed by atoms with van der Waals surface area (Å²) in [5.41, 5.74) is 8.87. The third kappa shape index (κ3) is 8.47. The molecule has 4 aromatic carbocycles. The Kier molecular flexibility index (Phi) is 12.4. The highest BCUT2D eigenvalue weighted by molar-refractivity contribution is 6.06. The molecule has 0 unspecified atom stereocenters. The number of carbonyl (C=O) groups excluding carboxylic acids is 4. The van der Waals surface area contributed by atoms with Gasteiger partial charge < -0.3 is 30.2 Å². The first-order valence-electron chi connectivity index (χ1n) is 25.9. The first-order chi connectivity index (χ1) is 34.8. The number of carbonyl (C=O) groups is 4. The summed E-state index contributed by atoms with van der Waals surface area (Å²) in [6.45, 7) is 8.03. The van der Waals surface area contributed by atoms with Gasteiger partial charge in [-0.25, -0.2) is 19.3 Å². The lowest BCUT2D eigenvalue weighted by atomic mass is 9.90. The lowest BCUT2D eigenvalue weighted by Gasteiger charge is -2.43. The molecule has 11 rings (SSSR count). The molecule has 0 radical (unpaired) electrons. The van der Waals surface area contributed by atoms with E-state index < -0.39 is 23.9 Å². The number of rotatable bonds is 10. The van der Waals surface area contributed by atoms with Crippen molar-refractivity contribution < 1.29 is 19.2 Å². The van der Waals surface area contributed by atoms with Gasteiger partial charge in [-0.15, -0.1) is 10.2 Å². The molecule has 2 N–H and O–H groups in total. The van der Waals surface area contributed by atoms with Gasteiger partial charge in [0.05, 0.1) is 34.1 Å². The molecule has 6 aromatic rings. The van der Waals surface area contributed by atoms with Crippen LogP contribution in [0.2, 0.25) is 0 Å². The van der Waals surface area contributed by atoms with Crippen molar-refractivity contribution >= 4 is 46.4 Å². The minimum atomic E-state index is -0.442. The molecule has 0 bridgehead atoms. The van der Waals surface area contributed by atoms with Crippen LogP contribution in [0.5, 0.6) is 0 Å². The van der Waals surface area contributed by atoms with Gasteiger partial charge in [0.1, 0.15) is 12.1 Å². The number of aryl methyl sites for hydroxylation is 2. The van der Waals surface area contributed by atoms with Crippen molar-refractivity contribution in [2.45, 2.75) is 141 Å². The Balaban J connectivity index is 0.886. The quantitative estimate of drug-likeness (QED) is 0.136. The van der Waals surface area contributed by atoms with Crippen molar-refractivity contribution in [3.63, 3.8) is 0 Å². The Morgan fingerprint density at radius 2 is 0.861 bits per heavy atom. The predicted molar refractivity (Wildman–Crippen MR) is 279 cm³/mol. The van der Waals surface area contributed by atoms with Gasteiger partial charge in [0.2, 0.25) is 23.5 Å². The van der Waals surface area contributed by atoms with Crippen LogP contribution >= 0.6 is 0 Å². The van der Waals surface area contributed by atoms with E-state index in [1.54, 1.807) is 19.2 Å². The van der Waals surface area contributed by atoms with E-state index in [2.05, 4.69) is 32.6 Å².